The van der Waals surface area contributed by atoms with E-state index in [9.17, 15) is 0 Å². The molecule has 19 heavy (non-hydrogen) atoms. The molecule has 6 nitrogen and oxygen atoms in total. The van der Waals surface area contributed by atoms with Gasteiger partial charge in [0, 0.05) is 18.7 Å². The van der Waals surface area contributed by atoms with E-state index in [1.54, 1.807) is 17.2 Å². The molecule has 2 aromatic rings. The molecule has 0 saturated carbocycles. The molecule has 3 heterocycles. The van der Waals surface area contributed by atoms with Crippen molar-refractivity contribution in [1.29, 1.82) is 0 Å². The van der Waals surface area contributed by atoms with Crippen LogP contribution in [0.5, 0.6) is 0 Å². The van der Waals surface area contributed by atoms with Gasteiger partial charge in [-0.25, -0.2) is 9.97 Å². The summed E-state index contributed by atoms with van der Waals surface area (Å²) in [6, 6.07) is 5.88. The number of hydrogen-bond acceptors (Lipinski definition) is 5. The van der Waals surface area contributed by atoms with E-state index in [4.69, 9.17) is 4.74 Å². The normalized spacial score (nSPS) is 17.1. The third-order valence-electron chi connectivity index (χ3n) is 3.25. The Bertz CT molecular complexity index is 523. The first-order chi connectivity index (χ1) is 9.34. The summed E-state index contributed by atoms with van der Waals surface area (Å²) in [6.45, 7) is 4.73. The molecule has 1 aliphatic heterocycles. The second-order valence-corrected chi connectivity index (χ2v) is 4.75. The SMILES string of the molecule is CC(NCC1COC1)c1ncnn1-c1ccccn1. The Hall–Kier alpha value is -1.79. The quantitative estimate of drug-likeness (QED) is 0.866. The van der Waals surface area contributed by atoms with Gasteiger partial charge in [-0.1, -0.05) is 6.07 Å². The van der Waals surface area contributed by atoms with Crippen molar-refractivity contribution < 1.29 is 4.74 Å². The van der Waals surface area contributed by atoms with Gasteiger partial charge < -0.3 is 10.1 Å². The largest absolute Gasteiger partial charge is 0.381 e. The van der Waals surface area contributed by atoms with Gasteiger partial charge in [-0.3, -0.25) is 0 Å². The molecule has 0 amide bonds. The average Bonchev–Trinajstić information content (AvgIpc) is 2.87. The summed E-state index contributed by atoms with van der Waals surface area (Å²) in [5.41, 5.74) is 0. The maximum absolute atomic E-state index is 5.17. The number of hydrogen-bond donors (Lipinski definition) is 1. The first kappa shape index (κ1) is 12.3. The van der Waals surface area contributed by atoms with E-state index in [1.165, 1.54) is 0 Å². The summed E-state index contributed by atoms with van der Waals surface area (Å²) in [4.78, 5) is 8.63. The van der Waals surface area contributed by atoms with E-state index < -0.39 is 0 Å². The summed E-state index contributed by atoms with van der Waals surface area (Å²) in [5, 5.41) is 7.71. The van der Waals surface area contributed by atoms with Crippen molar-refractivity contribution in [2.24, 2.45) is 5.92 Å². The molecule has 6 heteroatoms. The highest BCUT2D eigenvalue weighted by Gasteiger charge is 2.21. The summed E-state index contributed by atoms with van der Waals surface area (Å²) in [7, 11) is 0. The Labute approximate surface area is 111 Å². The second-order valence-electron chi connectivity index (χ2n) is 4.75. The van der Waals surface area contributed by atoms with E-state index in [-0.39, 0.29) is 6.04 Å². The van der Waals surface area contributed by atoms with Crippen molar-refractivity contribution in [2.45, 2.75) is 13.0 Å². The molecule has 1 fully saturated rings. The highest BCUT2D eigenvalue weighted by Crippen LogP contribution is 2.15. The van der Waals surface area contributed by atoms with Crippen LogP contribution in [0, 0.1) is 5.92 Å². The molecule has 0 aromatic carbocycles. The molecule has 1 atom stereocenters. The monoisotopic (exact) mass is 259 g/mol. The van der Waals surface area contributed by atoms with Crippen LogP contribution in [-0.4, -0.2) is 39.5 Å². The standard InChI is InChI=1S/C13H17N5O/c1-10(15-6-11-7-19-8-11)13-16-9-17-18(13)12-4-2-3-5-14-12/h2-5,9-11,15H,6-8H2,1H3. The van der Waals surface area contributed by atoms with Crippen LogP contribution in [0.3, 0.4) is 0 Å². The predicted molar refractivity (Wildman–Crippen MR) is 69.9 cm³/mol. The van der Waals surface area contributed by atoms with Crippen LogP contribution >= 0.6 is 0 Å². The molecule has 3 rings (SSSR count). The average molecular weight is 259 g/mol. The van der Waals surface area contributed by atoms with Crippen molar-refractivity contribution in [3.05, 3.63) is 36.5 Å². The van der Waals surface area contributed by atoms with Gasteiger partial charge in [0.05, 0.1) is 19.3 Å². The lowest BCUT2D eigenvalue weighted by Crippen LogP contribution is -2.38. The van der Waals surface area contributed by atoms with Crippen LogP contribution in [0.1, 0.15) is 18.8 Å². The summed E-state index contributed by atoms with van der Waals surface area (Å²) in [6.07, 6.45) is 3.32. The summed E-state index contributed by atoms with van der Waals surface area (Å²) in [5.74, 6) is 2.28. The summed E-state index contributed by atoms with van der Waals surface area (Å²) < 4.78 is 6.94. The number of nitrogens with zero attached hydrogens (tertiary/aromatic N) is 4. The van der Waals surface area contributed by atoms with Gasteiger partial charge in [-0.15, -0.1) is 0 Å². The maximum Gasteiger partial charge on any atom is 0.155 e. The van der Waals surface area contributed by atoms with Crippen molar-refractivity contribution in [1.82, 2.24) is 25.1 Å². The van der Waals surface area contributed by atoms with Gasteiger partial charge >= 0.3 is 0 Å². The van der Waals surface area contributed by atoms with Crippen LogP contribution in [0.2, 0.25) is 0 Å². The Morgan fingerprint density at radius 3 is 3.00 bits per heavy atom. The van der Waals surface area contributed by atoms with E-state index in [0.717, 1.165) is 31.4 Å². The fourth-order valence-corrected chi connectivity index (χ4v) is 2.04. The maximum atomic E-state index is 5.17. The van der Waals surface area contributed by atoms with Crippen LogP contribution in [0.15, 0.2) is 30.7 Å². The first-order valence-corrected chi connectivity index (χ1v) is 6.47. The van der Waals surface area contributed by atoms with Gasteiger partial charge in [-0.2, -0.15) is 9.78 Å². The molecule has 1 aliphatic rings. The lowest BCUT2D eigenvalue weighted by atomic mass is 10.1. The fourth-order valence-electron chi connectivity index (χ4n) is 2.04. The van der Waals surface area contributed by atoms with E-state index in [2.05, 4.69) is 27.3 Å². The fraction of sp³-hybridized carbons (Fsp3) is 0.462. The Morgan fingerprint density at radius 2 is 2.32 bits per heavy atom. The summed E-state index contributed by atoms with van der Waals surface area (Å²) >= 11 is 0. The number of nitrogens with one attached hydrogen (secondary N) is 1. The zero-order chi connectivity index (χ0) is 13.1. The number of pyridine rings is 1. The second kappa shape index (κ2) is 5.46. The van der Waals surface area contributed by atoms with Crippen LogP contribution in [0.25, 0.3) is 5.82 Å². The number of ether oxygens (including phenoxy) is 1. The smallest absolute Gasteiger partial charge is 0.155 e. The van der Waals surface area contributed by atoms with Crippen LogP contribution in [0.4, 0.5) is 0 Å². The molecule has 0 bridgehead atoms. The molecule has 1 saturated heterocycles. The highest BCUT2D eigenvalue weighted by molar-refractivity contribution is 5.21. The Morgan fingerprint density at radius 1 is 1.42 bits per heavy atom. The first-order valence-electron chi connectivity index (χ1n) is 6.47. The predicted octanol–water partition coefficient (Wildman–Crippen LogP) is 0.959. The number of rotatable bonds is 5. The van der Waals surface area contributed by atoms with Crippen molar-refractivity contribution >= 4 is 0 Å². The number of aromatic nitrogens is 4. The Balaban J connectivity index is 1.72. The van der Waals surface area contributed by atoms with Crippen molar-refractivity contribution in [3.8, 4) is 5.82 Å². The van der Waals surface area contributed by atoms with Gasteiger partial charge in [-0.05, 0) is 19.1 Å². The minimum absolute atomic E-state index is 0.130. The van der Waals surface area contributed by atoms with Crippen molar-refractivity contribution in [2.75, 3.05) is 19.8 Å². The molecule has 1 N–H and O–H groups in total. The molecular formula is C13H17N5O. The lowest BCUT2D eigenvalue weighted by molar-refractivity contribution is -0.0316. The zero-order valence-corrected chi connectivity index (χ0v) is 10.9. The van der Waals surface area contributed by atoms with Gasteiger partial charge in [0.2, 0.25) is 0 Å². The van der Waals surface area contributed by atoms with E-state index >= 15 is 0 Å². The molecule has 0 radical (unpaired) electrons. The molecule has 0 spiro atoms. The molecule has 2 aromatic heterocycles. The third kappa shape index (κ3) is 2.64. The minimum Gasteiger partial charge on any atom is -0.381 e. The van der Waals surface area contributed by atoms with Crippen molar-refractivity contribution in [3.63, 3.8) is 0 Å². The minimum atomic E-state index is 0.130. The molecule has 100 valence electrons. The van der Waals surface area contributed by atoms with E-state index in [1.807, 2.05) is 18.2 Å². The molecule has 1 unspecified atom stereocenters. The van der Waals surface area contributed by atoms with Crippen LogP contribution < -0.4 is 5.32 Å². The lowest BCUT2D eigenvalue weighted by Gasteiger charge is -2.27. The highest BCUT2D eigenvalue weighted by atomic mass is 16.5. The molecule has 0 aliphatic carbocycles. The molecular weight excluding hydrogens is 242 g/mol. The van der Waals surface area contributed by atoms with Crippen LogP contribution in [-0.2, 0) is 4.74 Å². The van der Waals surface area contributed by atoms with Gasteiger partial charge in [0.1, 0.15) is 6.33 Å². The Kier molecular flexibility index (Phi) is 3.52. The van der Waals surface area contributed by atoms with Gasteiger partial charge in [0.15, 0.2) is 11.6 Å². The van der Waals surface area contributed by atoms with Gasteiger partial charge in [0.25, 0.3) is 0 Å². The topological polar surface area (TPSA) is 64.9 Å². The van der Waals surface area contributed by atoms with E-state index in [0.29, 0.717) is 5.92 Å². The zero-order valence-electron chi connectivity index (χ0n) is 10.9. The third-order valence-corrected chi connectivity index (χ3v) is 3.25.